The molecule has 0 bridgehead atoms. The minimum atomic E-state index is 0.343. The molecule has 0 aliphatic heterocycles. The van der Waals surface area contributed by atoms with Gasteiger partial charge < -0.3 is 4.74 Å². The Morgan fingerprint density at radius 1 is 1.42 bits per heavy atom. The molecule has 0 aromatic carbocycles. The summed E-state index contributed by atoms with van der Waals surface area (Å²) in [5, 5.41) is 1.95. The summed E-state index contributed by atoms with van der Waals surface area (Å²) in [5.41, 5.74) is 0.861. The summed E-state index contributed by atoms with van der Waals surface area (Å²) in [7, 11) is 0. The fourth-order valence-corrected chi connectivity index (χ4v) is 1.67. The molecule has 2 aromatic heterocycles. The molecule has 0 radical (unpaired) electrons. The summed E-state index contributed by atoms with van der Waals surface area (Å²) in [5.74, 6) is 0.343. The average Bonchev–Trinajstić information content (AvgIpc) is 2.51. The summed E-state index contributed by atoms with van der Waals surface area (Å²) >= 11 is 1.61. The van der Waals surface area contributed by atoms with Crippen molar-refractivity contribution in [1.82, 2.24) is 4.98 Å². The fourth-order valence-electron chi connectivity index (χ4n) is 0.949. The first-order valence-electron chi connectivity index (χ1n) is 3.35. The smallest absolute Gasteiger partial charge is 0.299 e. The van der Waals surface area contributed by atoms with Gasteiger partial charge in [-0.2, -0.15) is 0 Å². The van der Waals surface area contributed by atoms with Crippen molar-refractivity contribution in [2.45, 2.75) is 0 Å². The van der Waals surface area contributed by atoms with E-state index in [1.165, 1.54) is 0 Å². The lowest BCUT2D eigenvalue weighted by molar-refractivity contribution is -0.120. The minimum Gasteiger partial charge on any atom is -0.410 e. The Bertz CT molecular complexity index is 410. The molecule has 12 heavy (non-hydrogen) atoms. The van der Waals surface area contributed by atoms with Crippen molar-refractivity contribution >= 4 is 28.0 Å². The van der Waals surface area contributed by atoms with Crippen LogP contribution in [0, 0.1) is 0 Å². The van der Waals surface area contributed by atoms with E-state index in [0.717, 1.165) is 10.2 Å². The van der Waals surface area contributed by atoms with E-state index >= 15 is 0 Å². The number of ether oxygens (including phenoxy) is 1. The van der Waals surface area contributed by atoms with Crippen molar-refractivity contribution in [3.8, 4) is 5.88 Å². The maximum atomic E-state index is 9.99. The van der Waals surface area contributed by atoms with Gasteiger partial charge in [0.05, 0.1) is 10.2 Å². The van der Waals surface area contributed by atoms with Crippen molar-refractivity contribution in [3.63, 3.8) is 0 Å². The zero-order valence-corrected chi connectivity index (χ0v) is 6.88. The zero-order valence-electron chi connectivity index (χ0n) is 6.06. The van der Waals surface area contributed by atoms with Gasteiger partial charge in [0.2, 0.25) is 5.88 Å². The zero-order chi connectivity index (χ0) is 8.39. The van der Waals surface area contributed by atoms with E-state index in [0.29, 0.717) is 12.4 Å². The number of hydrogen-bond acceptors (Lipinski definition) is 4. The van der Waals surface area contributed by atoms with Gasteiger partial charge in [0.1, 0.15) is 0 Å². The van der Waals surface area contributed by atoms with Crippen LogP contribution in [0.3, 0.4) is 0 Å². The predicted molar refractivity (Wildman–Crippen MR) is 46.3 cm³/mol. The van der Waals surface area contributed by atoms with Crippen molar-refractivity contribution in [2.24, 2.45) is 0 Å². The van der Waals surface area contributed by atoms with E-state index in [2.05, 4.69) is 9.72 Å². The second-order valence-corrected chi connectivity index (χ2v) is 3.12. The van der Waals surface area contributed by atoms with Crippen LogP contribution in [0.4, 0.5) is 0 Å². The topological polar surface area (TPSA) is 39.2 Å². The second-order valence-electron chi connectivity index (χ2n) is 2.17. The van der Waals surface area contributed by atoms with Crippen LogP contribution < -0.4 is 4.74 Å². The largest absolute Gasteiger partial charge is 0.410 e. The number of carbonyl (C=O) groups excluding carboxylic acids is 1. The Morgan fingerprint density at radius 3 is 3.17 bits per heavy atom. The summed E-state index contributed by atoms with van der Waals surface area (Å²) in [6.45, 7) is 0.376. The monoisotopic (exact) mass is 179 g/mol. The lowest BCUT2D eigenvalue weighted by atomic mass is 10.4. The molecule has 0 spiro atoms. The molecule has 0 fully saturated rings. The van der Waals surface area contributed by atoms with E-state index in [-0.39, 0.29) is 0 Å². The van der Waals surface area contributed by atoms with Crippen molar-refractivity contribution in [3.05, 3.63) is 23.6 Å². The van der Waals surface area contributed by atoms with Crippen LogP contribution in [0.15, 0.2) is 23.6 Å². The Balaban J connectivity index is 2.52. The van der Waals surface area contributed by atoms with Gasteiger partial charge in [-0.1, -0.05) is 0 Å². The third kappa shape index (κ3) is 1.16. The van der Waals surface area contributed by atoms with Gasteiger partial charge in [-0.05, 0) is 17.5 Å². The molecule has 0 aliphatic carbocycles. The molecule has 2 aromatic rings. The van der Waals surface area contributed by atoms with Crippen LogP contribution >= 0.6 is 11.3 Å². The van der Waals surface area contributed by atoms with Crippen LogP contribution in [0.2, 0.25) is 0 Å². The highest BCUT2D eigenvalue weighted by Gasteiger charge is 1.98. The molecular weight excluding hydrogens is 174 g/mol. The molecule has 2 heterocycles. The third-order valence-corrected chi connectivity index (χ3v) is 2.32. The molecule has 0 N–H and O–H groups in total. The summed E-state index contributed by atoms with van der Waals surface area (Å²) in [6.07, 6.45) is 0. The lowest BCUT2D eigenvalue weighted by Crippen LogP contribution is -1.90. The van der Waals surface area contributed by atoms with Crippen LogP contribution in [-0.4, -0.2) is 11.5 Å². The standard InChI is InChI=1S/C8H5NO2S/c10-5-11-8-2-1-7-6(9-8)3-4-12-7/h1-5H. The predicted octanol–water partition coefficient (Wildman–Crippen LogP) is 1.83. The molecular formula is C8H5NO2S. The first kappa shape index (κ1) is 7.24. The maximum absolute atomic E-state index is 9.99. The normalized spacial score (nSPS) is 10.0. The first-order chi connectivity index (χ1) is 5.90. The van der Waals surface area contributed by atoms with Gasteiger partial charge in [-0.25, -0.2) is 4.98 Å². The lowest BCUT2D eigenvalue weighted by Gasteiger charge is -1.94. The molecule has 0 aliphatic rings. The number of hydrogen-bond donors (Lipinski definition) is 0. The van der Waals surface area contributed by atoms with E-state index in [9.17, 15) is 4.79 Å². The SMILES string of the molecule is O=COc1ccc2sccc2n1. The van der Waals surface area contributed by atoms with Gasteiger partial charge in [-0.3, -0.25) is 4.79 Å². The first-order valence-corrected chi connectivity index (χ1v) is 4.22. The molecule has 0 unspecified atom stereocenters. The average molecular weight is 179 g/mol. The molecule has 0 saturated carbocycles. The summed E-state index contributed by atoms with van der Waals surface area (Å²) in [4.78, 5) is 14.1. The van der Waals surface area contributed by atoms with E-state index in [1.54, 1.807) is 17.4 Å². The van der Waals surface area contributed by atoms with Crippen LogP contribution in [0.25, 0.3) is 10.2 Å². The van der Waals surface area contributed by atoms with Gasteiger partial charge >= 0.3 is 0 Å². The number of carbonyl (C=O) groups is 1. The van der Waals surface area contributed by atoms with Crippen molar-refractivity contribution in [1.29, 1.82) is 0 Å². The van der Waals surface area contributed by atoms with Gasteiger partial charge in [0.15, 0.2) is 0 Å². The Labute approximate surface area is 72.6 Å². The van der Waals surface area contributed by atoms with Gasteiger partial charge in [0.25, 0.3) is 6.47 Å². The number of aromatic nitrogens is 1. The van der Waals surface area contributed by atoms with E-state index < -0.39 is 0 Å². The third-order valence-electron chi connectivity index (χ3n) is 1.45. The van der Waals surface area contributed by atoms with E-state index in [1.807, 2.05) is 17.5 Å². The molecule has 60 valence electrons. The Kier molecular flexibility index (Phi) is 1.75. The summed E-state index contributed by atoms with van der Waals surface area (Å²) < 4.78 is 5.69. The quantitative estimate of drug-likeness (QED) is 0.660. The highest BCUT2D eigenvalue weighted by Crippen LogP contribution is 2.21. The van der Waals surface area contributed by atoms with Gasteiger partial charge in [-0.15, -0.1) is 11.3 Å². The van der Waals surface area contributed by atoms with Crippen LogP contribution in [0.1, 0.15) is 0 Å². The molecule has 4 heteroatoms. The number of fused-ring (bicyclic) bond motifs is 1. The molecule has 0 amide bonds. The highest BCUT2D eigenvalue weighted by atomic mass is 32.1. The minimum absolute atomic E-state index is 0.343. The summed E-state index contributed by atoms with van der Waals surface area (Å²) in [6, 6.07) is 5.44. The molecule has 0 saturated heterocycles. The Morgan fingerprint density at radius 2 is 2.33 bits per heavy atom. The van der Waals surface area contributed by atoms with Crippen LogP contribution in [0.5, 0.6) is 5.88 Å². The van der Waals surface area contributed by atoms with E-state index in [4.69, 9.17) is 0 Å². The molecule has 0 atom stereocenters. The molecule has 2 rings (SSSR count). The number of thiophene rings is 1. The Hall–Kier alpha value is -1.42. The van der Waals surface area contributed by atoms with Gasteiger partial charge in [0, 0.05) is 6.07 Å². The van der Waals surface area contributed by atoms with Crippen molar-refractivity contribution < 1.29 is 9.53 Å². The highest BCUT2D eigenvalue weighted by molar-refractivity contribution is 7.17. The maximum Gasteiger partial charge on any atom is 0.299 e. The number of nitrogens with zero attached hydrogens (tertiary/aromatic N) is 1. The second kappa shape index (κ2) is 2.91. The number of pyridine rings is 1. The molecule has 3 nitrogen and oxygen atoms in total. The fraction of sp³-hybridized carbons (Fsp3) is 0. The van der Waals surface area contributed by atoms with Crippen molar-refractivity contribution in [2.75, 3.05) is 0 Å². The number of rotatable bonds is 2. The van der Waals surface area contributed by atoms with Crippen LogP contribution in [-0.2, 0) is 4.79 Å².